The van der Waals surface area contributed by atoms with Crippen molar-refractivity contribution in [2.45, 2.75) is 44.5 Å². The Labute approximate surface area is 233 Å². The average molecular weight is 624 g/mol. The molecule has 0 bridgehead atoms. The number of ether oxygens (including phenoxy) is 3. The van der Waals surface area contributed by atoms with Crippen molar-refractivity contribution in [2.75, 3.05) is 13.2 Å². The molecule has 7 nitrogen and oxygen atoms in total. The van der Waals surface area contributed by atoms with E-state index < -0.39 is 68.8 Å². The minimum atomic E-state index is -6.04. The molecule has 15 heteroatoms. The van der Waals surface area contributed by atoms with Gasteiger partial charge in [0.1, 0.15) is 19.0 Å². The molecule has 4 rings (SSSR count). The van der Waals surface area contributed by atoms with Crippen LogP contribution in [0.25, 0.3) is 0 Å². The highest BCUT2D eigenvalue weighted by Gasteiger charge is 2.60. The van der Waals surface area contributed by atoms with E-state index >= 15 is 0 Å². The van der Waals surface area contributed by atoms with Gasteiger partial charge in [0.15, 0.2) is 20.5 Å². The number of carbonyl (C=O) groups is 1. The molecule has 0 saturated carbocycles. The van der Waals surface area contributed by atoms with Crippen LogP contribution in [-0.4, -0.2) is 49.3 Å². The van der Waals surface area contributed by atoms with E-state index in [2.05, 4.69) is 4.74 Å². The van der Waals surface area contributed by atoms with Crippen molar-refractivity contribution in [2.24, 2.45) is 0 Å². The number of hydrogen-bond donors (Lipinski definition) is 1. The molecule has 0 radical (unpaired) electrons. The normalized spacial score (nSPS) is 19.1. The zero-order chi connectivity index (χ0) is 30.3. The maximum atomic E-state index is 13.8. The maximum Gasteiger partial charge on any atom is 0.466 e. The third-order valence-corrected chi connectivity index (χ3v) is 9.06. The van der Waals surface area contributed by atoms with Crippen LogP contribution in [0, 0.1) is 0 Å². The van der Waals surface area contributed by atoms with Gasteiger partial charge in [0, 0.05) is 5.56 Å². The van der Waals surface area contributed by atoms with Crippen LogP contribution in [0.4, 0.5) is 26.3 Å². The minimum absolute atomic E-state index is 0.202. The molecule has 1 atom stereocenters. The van der Waals surface area contributed by atoms with Crippen molar-refractivity contribution in [3.05, 3.63) is 84.4 Å². The van der Waals surface area contributed by atoms with Crippen LogP contribution in [0.3, 0.4) is 0 Å². The lowest BCUT2D eigenvalue weighted by Gasteiger charge is -2.28. The first-order valence-electron chi connectivity index (χ1n) is 11.6. The maximum absolute atomic E-state index is 13.8. The molecule has 1 aliphatic rings. The fourth-order valence-electron chi connectivity index (χ4n) is 3.65. The van der Waals surface area contributed by atoms with Gasteiger partial charge < -0.3 is 14.2 Å². The Kier molecular flexibility index (Phi) is 8.23. The van der Waals surface area contributed by atoms with Gasteiger partial charge in [-0.2, -0.15) is 34.8 Å². The number of esters is 1. The summed E-state index contributed by atoms with van der Waals surface area (Å²) in [6, 6.07) is 20.3. The smallest absolute Gasteiger partial charge is 0.421 e. The first-order valence-corrected chi connectivity index (χ1v) is 14.2. The predicted molar refractivity (Wildman–Crippen MR) is 133 cm³/mol. The molecular weight excluding hydrogens is 602 g/mol. The van der Waals surface area contributed by atoms with Gasteiger partial charge in [0.25, 0.3) is 0 Å². The summed E-state index contributed by atoms with van der Waals surface area (Å²) in [5, 5.41) is -5.17. The number of alkyl halides is 6. The van der Waals surface area contributed by atoms with E-state index in [1.807, 2.05) is 0 Å². The summed E-state index contributed by atoms with van der Waals surface area (Å²) in [6.07, 6.45) is 0. The van der Waals surface area contributed by atoms with Gasteiger partial charge in [-0.1, -0.05) is 18.2 Å². The molecule has 1 saturated heterocycles. The lowest BCUT2D eigenvalue weighted by Crippen LogP contribution is -2.45. The van der Waals surface area contributed by atoms with E-state index in [0.29, 0.717) is 9.79 Å². The quantitative estimate of drug-likeness (QED) is 0.119. The minimum Gasteiger partial charge on any atom is -0.421 e. The monoisotopic (exact) mass is 623 g/mol. The predicted octanol–water partition coefficient (Wildman–Crippen LogP) is 5.66. The van der Waals surface area contributed by atoms with Crippen LogP contribution in [0.1, 0.15) is 12.5 Å². The second kappa shape index (κ2) is 10.9. The summed E-state index contributed by atoms with van der Waals surface area (Å²) in [5.74, 6) is -13.6. The molecule has 0 amide bonds. The third kappa shape index (κ3) is 6.23. The van der Waals surface area contributed by atoms with E-state index in [1.165, 1.54) is 31.2 Å². The van der Waals surface area contributed by atoms with Gasteiger partial charge in [-0.3, -0.25) is 4.55 Å². The Hall–Kier alpha value is -3.11. The molecule has 3 aromatic carbocycles. The van der Waals surface area contributed by atoms with E-state index in [-0.39, 0.29) is 5.56 Å². The standard InChI is InChI=1S/C26H20F6O7S2/c1-23(37-15-24(27,28)25(29,30)16-38-23)17-7-11-20(12-8-17)40(19-5-3-2-4-6-19)21-13-9-18(10-14-21)39-22(33)26(31,32)41(34,35)36/h2-14H,15-16H2,1H3/p+1. The number of halogens is 6. The Morgan fingerprint density at radius 3 is 1.73 bits per heavy atom. The van der Waals surface area contributed by atoms with E-state index in [9.17, 15) is 39.6 Å². The number of rotatable bonds is 7. The van der Waals surface area contributed by atoms with Crippen molar-refractivity contribution < 1.29 is 58.3 Å². The van der Waals surface area contributed by atoms with Crippen LogP contribution >= 0.6 is 0 Å². The largest absolute Gasteiger partial charge is 0.466 e. The first kappa shape index (κ1) is 30.8. The second-order valence-corrected chi connectivity index (χ2v) is 12.4. The molecule has 3 aromatic rings. The van der Waals surface area contributed by atoms with Gasteiger partial charge in [-0.25, -0.2) is 4.79 Å². The van der Waals surface area contributed by atoms with Crippen LogP contribution < -0.4 is 4.74 Å². The van der Waals surface area contributed by atoms with E-state index in [4.69, 9.17) is 14.0 Å². The van der Waals surface area contributed by atoms with E-state index in [1.54, 1.807) is 42.5 Å². The van der Waals surface area contributed by atoms with Gasteiger partial charge in [-0.15, -0.1) is 0 Å². The fraction of sp³-hybridized carbons (Fsp3) is 0.269. The van der Waals surface area contributed by atoms with Gasteiger partial charge in [0.2, 0.25) is 0 Å². The summed E-state index contributed by atoms with van der Waals surface area (Å²) < 4.78 is 127. The summed E-state index contributed by atoms with van der Waals surface area (Å²) in [4.78, 5) is 13.7. The molecule has 1 N–H and O–H groups in total. The highest BCUT2D eigenvalue weighted by atomic mass is 32.2. The molecule has 41 heavy (non-hydrogen) atoms. The summed E-state index contributed by atoms with van der Waals surface area (Å²) >= 11 is 0. The number of benzene rings is 3. The lowest BCUT2D eigenvalue weighted by atomic mass is 10.1. The Morgan fingerprint density at radius 1 is 0.829 bits per heavy atom. The van der Waals surface area contributed by atoms with Crippen LogP contribution in [0.5, 0.6) is 5.75 Å². The van der Waals surface area contributed by atoms with Crippen LogP contribution in [-0.2, 0) is 41.1 Å². The zero-order valence-electron chi connectivity index (χ0n) is 20.9. The molecule has 0 aliphatic carbocycles. The Balaban J connectivity index is 1.62. The summed E-state index contributed by atoms with van der Waals surface area (Å²) in [6.45, 7) is -1.86. The highest BCUT2D eigenvalue weighted by Crippen LogP contribution is 2.43. The Bertz CT molecular complexity index is 1480. The van der Waals surface area contributed by atoms with Crippen molar-refractivity contribution in [1.29, 1.82) is 0 Å². The molecule has 1 aliphatic heterocycles. The molecule has 1 heterocycles. The number of hydrogen-bond acceptors (Lipinski definition) is 6. The lowest BCUT2D eigenvalue weighted by molar-refractivity contribution is -0.233. The fourth-order valence-corrected chi connectivity index (χ4v) is 5.96. The van der Waals surface area contributed by atoms with Gasteiger partial charge in [-0.05, 0) is 67.6 Å². The van der Waals surface area contributed by atoms with Crippen molar-refractivity contribution >= 4 is 27.0 Å². The summed E-state index contributed by atoms with van der Waals surface area (Å²) in [5.41, 5.74) is 0.202. The highest BCUT2D eigenvalue weighted by molar-refractivity contribution is 7.97. The Morgan fingerprint density at radius 2 is 1.27 bits per heavy atom. The second-order valence-electron chi connectivity index (χ2n) is 8.93. The molecule has 1 unspecified atom stereocenters. The van der Waals surface area contributed by atoms with Crippen molar-refractivity contribution in [1.82, 2.24) is 0 Å². The third-order valence-electron chi connectivity index (χ3n) is 6.02. The molecule has 220 valence electrons. The average Bonchev–Trinajstić information content (AvgIpc) is 3.00. The zero-order valence-corrected chi connectivity index (χ0v) is 22.5. The molecular formula is C26H21F6O7S2+. The van der Waals surface area contributed by atoms with Crippen LogP contribution in [0.15, 0.2) is 93.5 Å². The number of carbonyl (C=O) groups excluding carboxylic acids is 1. The first-order chi connectivity index (χ1) is 19.0. The molecule has 1 fully saturated rings. The van der Waals surface area contributed by atoms with E-state index in [0.717, 1.165) is 17.0 Å². The van der Waals surface area contributed by atoms with Crippen molar-refractivity contribution in [3.63, 3.8) is 0 Å². The van der Waals surface area contributed by atoms with Crippen LogP contribution in [0.2, 0.25) is 0 Å². The topological polar surface area (TPSA) is 99.1 Å². The van der Waals surface area contributed by atoms with Crippen molar-refractivity contribution in [3.8, 4) is 5.75 Å². The van der Waals surface area contributed by atoms with Gasteiger partial charge >= 0.3 is 33.2 Å². The van der Waals surface area contributed by atoms with Gasteiger partial charge in [0.05, 0.1) is 10.9 Å². The SMILES string of the molecule is CC1(c2ccc([S+](c3ccccc3)c3ccc(OC(=O)C(F)(F)S(=O)(=O)O)cc3)cc2)OCC(F)(F)C(F)(F)CO1. The summed E-state index contributed by atoms with van der Waals surface area (Å²) in [7, 11) is -6.91. The molecule has 0 spiro atoms. The molecule has 0 aromatic heterocycles.